The molecule has 1 aliphatic heterocycles. The molecule has 0 spiro atoms. The van der Waals surface area contributed by atoms with Crippen LogP contribution in [-0.4, -0.2) is 22.8 Å². The predicted molar refractivity (Wildman–Crippen MR) is 99.4 cm³/mol. The van der Waals surface area contributed by atoms with Gasteiger partial charge in [-0.2, -0.15) is 0 Å². The van der Waals surface area contributed by atoms with Crippen LogP contribution in [0.1, 0.15) is 5.56 Å². The summed E-state index contributed by atoms with van der Waals surface area (Å²) in [6.07, 6.45) is 2.12. The Morgan fingerprint density at radius 2 is 1.76 bits per heavy atom. The van der Waals surface area contributed by atoms with E-state index in [-0.39, 0.29) is 0 Å². The largest absolute Gasteiger partial charge is 0.486 e. The number of aryl methyl sites for hydroxylation is 2. The zero-order valence-corrected chi connectivity index (χ0v) is 14.2. The summed E-state index contributed by atoms with van der Waals surface area (Å²) in [7, 11) is 2.05. The second kappa shape index (κ2) is 5.24. The van der Waals surface area contributed by atoms with Crippen molar-refractivity contribution in [2.24, 2.45) is 7.05 Å². The third-order valence-electron chi connectivity index (χ3n) is 4.77. The van der Waals surface area contributed by atoms with Gasteiger partial charge in [-0.15, -0.1) is 0 Å². The smallest absolute Gasteiger partial charge is 0.163 e. The molecule has 4 aromatic rings. The van der Waals surface area contributed by atoms with Gasteiger partial charge < -0.3 is 14.0 Å². The van der Waals surface area contributed by atoms with Crippen LogP contribution >= 0.6 is 0 Å². The summed E-state index contributed by atoms with van der Waals surface area (Å²) in [6, 6.07) is 14.7. The van der Waals surface area contributed by atoms with Crippen molar-refractivity contribution < 1.29 is 9.47 Å². The van der Waals surface area contributed by atoms with E-state index in [2.05, 4.69) is 60.2 Å². The van der Waals surface area contributed by atoms with Crippen LogP contribution in [0.2, 0.25) is 0 Å². The van der Waals surface area contributed by atoms with Gasteiger partial charge >= 0.3 is 0 Å². The molecule has 0 fully saturated rings. The lowest BCUT2D eigenvalue weighted by atomic mass is 10.1. The van der Waals surface area contributed by atoms with E-state index >= 15 is 0 Å². The minimum atomic E-state index is 0.592. The normalized spacial score (nSPS) is 13.5. The van der Waals surface area contributed by atoms with E-state index in [1.54, 1.807) is 0 Å². The molecule has 0 unspecified atom stereocenters. The lowest BCUT2D eigenvalue weighted by Gasteiger charge is -2.18. The summed E-state index contributed by atoms with van der Waals surface area (Å²) in [4.78, 5) is 4.88. The average Bonchev–Trinajstić information content (AvgIpc) is 2.95. The third-order valence-corrected chi connectivity index (χ3v) is 4.77. The SMILES string of the molecule is Cc1ccc2nc(-c3cn(C)c4cc5c(cc34)OCCO5)ccc2c1. The van der Waals surface area contributed by atoms with Crippen molar-refractivity contribution in [3.8, 4) is 22.8 Å². The molecule has 0 saturated carbocycles. The van der Waals surface area contributed by atoms with Crippen LogP contribution in [0, 0.1) is 6.92 Å². The first-order valence-corrected chi connectivity index (χ1v) is 8.45. The van der Waals surface area contributed by atoms with Gasteiger partial charge in [-0.3, -0.25) is 0 Å². The Balaban J connectivity index is 1.73. The molecular formula is C21H18N2O2. The van der Waals surface area contributed by atoms with Gasteiger partial charge in [-0.25, -0.2) is 4.98 Å². The molecular weight excluding hydrogens is 312 g/mol. The first-order chi connectivity index (χ1) is 12.2. The number of benzene rings is 2. The summed E-state index contributed by atoms with van der Waals surface area (Å²) in [5.41, 5.74) is 5.45. The van der Waals surface area contributed by atoms with E-state index in [0.717, 1.165) is 44.6 Å². The molecule has 0 atom stereocenters. The van der Waals surface area contributed by atoms with E-state index in [4.69, 9.17) is 14.5 Å². The second-order valence-corrected chi connectivity index (χ2v) is 6.56. The van der Waals surface area contributed by atoms with Crippen LogP contribution in [0.4, 0.5) is 0 Å². The Morgan fingerprint density at radius 3 is 2.60 bits per heavy atom. The van der Waals surface area contributed by atoms with Crippen LogP contribution < -0.4 is 9.47 Å². The number of hydrogen-bond acceptors (Lipinski definition) is 3. The molecule has 0 aliphatic carbocycles. The summed E-state index contributed by atoms with van der Waals surface area (Å²) in [5.74, 6) is 1.62. The maximum atomic E-state index is 5.76. The van der Waals surface area contributed by atoms with Gasteiger partial charge in [-0.05, 0) is 31.2 Å². The van der Waals surface area contributed by atoms with Gasteiger partial charge in [0.25, 0.3) is 0 Å². The maximum Gasteiger partial charge on any atom is 0.163 e. The molecule has 1 aliphatic rings. The molecule has 2 aromatic carbocycles. The topological polar surface area (TPSA) is 36.3 Å². The minimum Gasteiger partial charge on any atom is -0.486 e. The first kappa shape index (κ1) is 14.3. The molecule has 4 heteroatoms. The van der Waals surface area contributed by atoms with E-state index < -0.39 is 0 Å². The molecule has 5 rings (SSSR count). The van der Waals surface area contributed by atoms with Crippen molar-refractivity contribution in [2.75, 3.05) is 13.2 Å². The fourth-order valence-electron chi connectivity index (χ4n) is 3.52. The molecule has 0 saturated heterocycles. The highest BCUT2D eigenvalue weighted by Gasteiger charge is 2.17. The van der Waals surface area contributed by atoms with Crippen molar-refractivity contribution in [1.82, 2.24) is 9.55 Å². The number of ether oxygens (including phenoxy) is 2. The fourth-order valence-corrected chi connectivity index (χ4v) is 3.52. The molecule has 124 valence electrons. The van der Waals surface area contributed by atoms with Crippen LogP contribution in [0.5, 0.6) is 11.5 Å². The summed E-state index contributed by atoms with van der Waals surface area (Å²) in [5, 5.41) is 2.30. The Labute approximate surface area is 145 Å². The number of hydrogen-bond donors (Lipinski definition) is 0. The molecule has 0 N–H and O–H groups in total. The van der Waals surface area contributed by atoms with E-state index in [1.165, 1.54) is 5.56 Å². The van der Waals surface area contributed by atoms with Gasteiger partial charge in [0.1, 0.15) is 13.2 Å². The monoisotopic (exact) mass is 330 g/mol. The predicted octanol–water partition coefficient (Wildman–Crippen LogP) is 4.47. The lowest BCUT2D eigenvalue weighted by Crippen LogP contribution is -2.15. The Morgan fingerprint density at radius 1 is 0.960 bits per heavy atom. The van der Waals surface area contributed by atoms with Crippen molar-refractivity contribution in [3.63, 3.8) is 0 Å². The third kappa shape index (κ3) is 2.25. The van der Waals surface area contributed by atoms with Crippen LogP contribution in [0.3, 0.4) is 0 Å². The molecule has 0 bridgehead atoms. The van der Waals surface area contributed by atoms with Gasteiger partial charge in [0, 0.05) is 35.6 Å². The van der Waals surface area contributed by atoms with Gasteiger partial charge in [0.05, 0.1) is 16.7 Å². The quantitative estimate of drug-likeness (QED) is 0.516. The van der Waals surface area contributed by atoms with Crippen molar-refractivity contribution in [2.45, 2.75) is 6.92 Å². The Kier molecular flexibility index (Phi) is 3.01. The number of fused-ring (bicyclic) bond motifs is 3. The van der Waals surface area contributed by atoms with E-state index in [1.807, 2.05) is 7.05 Å². The highest BCUT2D eigenvalue weighted by atomic mass is 16.6. The van der Waals surface area contributed by atoms with Crippen LogP contribution in [-0.2, 0) is 7.05 Å². The first-order valence-electron chi connectivity index (χ1n) is 8.45. The molecule has 0 amide bonds. The van der Waals surface area contributed by atoms with Gasteiger partial charge in [0.15, 0.2) is 11.5 Å². The van der Waals surface area contributed by atoms with Crippen molar-refractivity contribution >= 4 is 21.8 Å². The maximum absolute atomic E-state index is 5.76. The standard InChI is InChI=1S/C21H18N2O2/c1-13-3-5-17-14(9-13)4-6-18(22-17)16-12-23(2)19-11-21-20(10-15(16)19)24-7-8-25-21/h3-6,9-12H,7-8H2,1-2H3. The van der Waals surface area contributed by atoms with Gasteiger partial charge in [-0.1, -0.05) is 17.7 Å². The molecule has 0 radical (unpaired) electrons. The van der Waals surface area contributed by atoms with Crippen LogP contribution in [0.25, 0.3) is 33.1 Å². The molecule has 3 heterocycles. The van der Waals surface area contributed by atoms with Crippen LogP contribution in [0.15, 0.2) is 48.7 Å². The van der Waals surface area contributed by atoms with Crippen molar-refractivity contribution in [3.05, 3.63) is 54.2 Å². The average molecular weight is 330 g/mol. The zero-order valence-electron chi connectivity index (χ0n) is 14.2. The Hall–Kier alpha value is -3.01. The minimum absolute atomic E-state index is 0.592. The lowest BCUT2D eigenvalue weighted by molar-refractivity contribution is 0.172. The fraction of sp³-hybridized carbons (Fsp3) is 0.190. The number of rotatable bonds is 1. The highest BCUT2D eigenvalue weighted by molar-refractivity contribution is 5.98. The molecule has 25 heavy (non-hydrogen) atoms. The highest BCUT2D eigenvalue weighted by Crippen LogP contribution is 2.39. The second-order valence-electron chi connectivity index (χ2n) is 6.56. The Bertz CT molecular complexity index is 1130. The summed E-state index contributed by atoms with van der Waals surface area (Å²) >= 11 is 0. The number of pyridine rings is 1. The summed E-state index contributed by atoms with van der Waals surface area (Å²) in [6.45, 7) is 3.29. The molecule has 4 nitrogen and oxygen atoms in total. The zero-order chi connectivity index (χ0) is 17.0. The summed E-state index contributed by atoms with van der Waals surface area (Å²) < 4.78 is 13.6. The number of aromatic nitrogens is 2. The van der Waals surface area contributed by atoms with Crippen molar-refractivity contribution in [1.29, 1.82) is 0 Å². The molecule has 2 aromatic heterocycles. The van der Waals surface area contributed by atoms with E-state index in [9.17, 15) is 0 Å². The van der Waals surface area contributed by atoms with E-state index in [0.29, 0.717) is 13.2 Å². The van der Waals surface area contributed by atoms with Gasteiger partial charge in [0.2, 0.25) is 0 Å². The number of nitrogens with zero attached hydrogens (tertiary/aromatic N) is 2.